The van der Waals surface area contributed by atoms with Crippen molar-refractivity contribution < 1.29 is 23.9 Å². The number of nitrogens with zero attached hydrogens (tertiary/aromatic N) is 1. The second-order valence-corrected chi connectivity index (χ2v) is 7.92. The van der Waals surface area contributed by atoms with Crippen molar-refractivity contribution in [2.75, 3.05) is 11.5 Å². The van der Waals surface area contributed by atoms with E-state index in [4.69, 9.17) is 4.74 Å². The van der Waals surface area contributed by atoms with Crippen molar-refractivity contribution in [2.45, 2.75) is 6.42 Å². The van der Waals surface area contributed by atoms with Crippen LogP contribution in [0.5, 0.6) is 0 Å². The Bertz CT molecular complexity index is 1040. The first-order valence-corrected chi connectivity index (χ1v) is 9.96. The molecule has 1 saturated carbocycles. The molecule has 3 aliphatic rings. The molecule has 6 heteroatoms. The number of rotatable bonds is 5. The molecule has 4 atom stereocenters. The van der Waals surface area contributed by atoms with Crippen molar-refractivity contribution >= 4 is 29.3 Å². The van der Waals surface area contributed by atoms with Gasteiger partial charge in [0.2, 0.25) is 11.8 Å². The molecule has 0 aromatic heterocycles. The highest BCUT2D eigenvalue weighted by molar-refractivity contribution is 6.22. The molecule has 0 N–H and O–H groups in total. The Morgan fingerprint density at radius 3 is 2.03 bits per heavy atom. The number of carbonyl (C=O) groups excluding carboxylic acids is 4. The van der Waals surface area contributed by atoms with Crippen LogP contribution in [0.25, 0.3) is 0 Å². The van der Waals surface area contributed by atoms with Crippen LogP contribution in [0.1, 0.15) is 27.1 Å². The maximum atomic E-state index is 12.9. The SMILES string of the molecule is O=C(COC(=O)c1ccc(N2C(=O)[C@@H]3[C@@H](C2=O)[C@H]2C=C[C@@H]3C2)cc1)c1ccccc1. The van der Waals surface area contributed by atoms with Gasteiger partial charge in [0.1, 0.15) is 0 Å². The first-order valence-electron chi connectivity index (χ1n) is 9.96. The highest BCUT2D eigenvalue weighted by atomic mass is 16.5. The number of hydrogen-bond acceptors (Lipinski definition) is 5. The molecule has 1 saturated heterocycles. The van der Waals surface area contributed by atoms with Crippen LogP contribution in [-0.2, 0) is 14.3 Å². The van der Waals surface area contributed by atoms with Gasteiger partial charge in [-0.1, -0.05) is 42.5 Å². The summed E-state index contributed by atoms with van der Waals surface area (Å²) in [7, 11) is 0. The molecule has 6 nitrogen and oxygen atoms in total. The lowest BCUT2D eigenvalue weighted by Crippen LogP contribution is -2.32. The lowest BCUT2D eigenvalue weighted by atomic mass is 9.85. The smallest absolute Gasteiger partial charge is 0.338 e. The molecule has 0 spiro atoms. The van der Waals surface area contributed by atoms with Crippen LogP contribution in [-0.4, -0.2) is 30.2 Å². The lowest BCUT2D eigenvalue weighted by Gasteiger charge is -2.17. The average Bonchev–Trinajstić information content (AvgIpc) is 3.46. The van der Waals surface area contributed by atoms with Crippen LogP contribution in [0, 0.1) is 23.7 Å². The fraction of sp³-hybridized carbons (Fsp3) is 0.250. The summed E-state index contributed by atoms with van der Waals surface area (Å²) >= 11 is 0. The molecule has 0 unspecified atom stereocenters. The third-order valence-corrected chi connectivity index (χ3v) is 6.26. The summed E-state index contributed by atoms with van der Waals surface area (Å²) in [6.45, 7) is -0.354. The predicted molar refractivity (Wildman–Crippen MR) is 108 cm³/mol. The molecule has 2 amide bonds. The van der Waals surface area contributed by atoms with Crippen molar-refractivity contribution in [2.24, 2.45) is 23.7 Å². The highest BCUT2D eigenvalue weighted by Crippen LogP contribution is 2.53. The third kappa shape index (κ3) is 2.87. The summed E-state index contributed by atoms with van der Waals surface area (Å²) < 4.78 is 5.10. The van der Waals surface area contributed by atoms with E-state index in [1.54, 1.807) is 42.5 Å². The minimum absolute atomic E-state index is 0.151. The Labute approximate surface area is 173 Å². The van der Waals surface area contributed by atoms with E-state index in [1.807, 2.05) is 0 Å². The van der Waals surface area contributed by atoms with Gasteiger partial charge in [0.05, 0.1) is 23.1 Å². The van der Waals surface area contributed by atoms with Crippen molar-refractivity contribution in [1.29, 1.82) is 0 Å². The van der Waals surface area contributed by atoms with Gasteiger partial charge < -0.3 is 4.74 Å². The summed E-state index contributed by atoms with van der Waals surface area (Å²) in [5.41, 5.74) is 1.18. The third-order valence-electron chi connectivity index (χ3n) is 6.26. The van der Waals surface area contributed by atoms with Crippen LogP contribution >= 0.6 is 0 Å². The van der Waals surface area contributed by atoms with Gasteiger partial charge in [0, 0.05) is 5.56 Å². The Morgan fingerprint density at radius 1 is 0.833 bits per heavy atom. The van der Waals surface area contributed by atoms with Gasteiger partial charge in [-0.3, -0.25) is 19.3 Å². The summed E-state index contributed by atoms with van der Waals surface area (Å²) in [6, 6.07) is 14.8. The largest absolute Gasteiger partial charge is 0.454 e. The minimum Gasteiger partial charge on any atom is -0.454 e. The molecular formula is C24H19NO5. The van der Waals surface area contributed by atoms with Gasteiger partial charge in [-0.05, 0) is 42.5 Å². The Kier molecular flexibility index (Phi) is 4.35. The number of benzene rings is 2. The maximum Gasteiger partial charge on any atom is 0.338 e. The number of amides is 2. The Morgan fingerprint density at radius 2 is 1.43 bits per heavy atom. The van der Waals surface area contributed by atoms with Crippen molar-refractivity contribution in [3.8, 4) is 0 Å². The first kappa shape index (κ1) is 18.5. The van der Waals surface area contributed by atoms with Crippen molar-refractivity contribution in [3.63, 3.8) is 0 Å². The molecule has 2 bridgehead atoms. The summed E-state index contributed by atoms with van der Waals surface area (Å²) in [6.07, 6.45) is 4.99. The van der Waals surface area contributed by atoms with E-state index >= 15 is 0 Å². The van der Waals surface area contributed by atoms with Crippen molar-refractivity contribution in [3.05, 3.63) is 77.9 Å². The quantitative estimate of drug-likeness (QED) is 0.333. The molecule has 0 radical (unpaired) electrons. The number of ether oxygens (including phenoxy) is 1. The van der Waals surface area contributed by atoms with E-state index in [1.165, 1.54) is 17.0 Å². The molecule has 1 heterocycles. The topological polar surface area (TPSA) is 80.8 Å². The Hall–Kier alpha value is -3.54. The number of fused-ring (bicyclic) bond motifs is 5. The lowest BCUT2D eigenvalue weighted by molar-refractivity contribution is -0.123. The van der Waals surface area contributed by atoms with E-state index in [2.05, 4.69) is 12.2 Å². The van der Waals surface area contributed by atoms with Crippen LogP contribution in [0.4, 0.5) is 5.69 Å². The summed E-state index contributed by atoms with van der Waals surface area (Å²) in [5, 5.41) is 0. The van der Waals surface area contributed by atoms with E-state index in [0.29, 0.717) is 11.3 Å². The minimum atomic E-state index is -0.635. The van der Waals surface area contributed by atoms with Gasteiger partial charge in [0.15, 0.2) is 12.4 Å². The average molecular weight is 401 g/mol. The van der Waals surface area contributed by atoms with Gasteiger partial charge in [-0.2, -0.15) is 0 Å². The van der Waals surface area contributed by atoms with Gasteiger partial charge >= 0.3 is 5.97 Å². The molecular weight excluding hydrogens is 382 g/mol. The molecule has 2 fully saturated rings. The van der Waals surface area contributed by atoms with E-state index < -0.39 is 5.97 Å². The van der Waals surface area contributed by atoms with Crippen LogP contribution < -0.4 is 4.90 Å². The second kappa shape index (κ2) is 7.06. The zero-order valence-corrected chi connectivity index (χ0v) is 16.1. The highest BCUT2D eigenvalue weighted by Gasteiger charge is 2.59. The normalized spacial score (nSPS) is 26.2. The molecule has 5 rings (SSSR count). The molecule has 2 aliphatic carbocycles. The van der Waals surface area contributed by atoms with E-state index in [-0.39, 0.29) is 53.4 Å². The van der Waals surface area contributed by atoms with Gasteiger partial charge in [-0.15, -0.1) is 0 Å². The number of ketones is 1. The summed E-state index contributed by atoms with van der Waals surface area (Å²) in [4.78, 5) is 51.3. The molecule has 2 aromatic carbocycles. The van der Waals surface area contributed by atoms with E-state index in [9.17, 15) is 19.2 Å². The first-order chi connectivity index (χ1) is 14.5. The van der Waals surface area contributed by atoms with Crippen molar-refractivity contribution in [1.82, 2.24) is 0 Å². The zero-order valence-electron chi connectivity index (χ0n) is 16.1. The molecule has 150 valence electrons. The zero-order chi connectivity index (χ0) is 20.8. The summed E-state index contributed by atoms with van der Waals surface area (Å²) in [5.74, 6) is -1.47. The number of Topliss-reactive ketones (excluding diaryl/α,β-unsaturated/α-hetero) is 1. The number of allylic oxidation sites excluding steroid dienone is 2. The van der Waals surface area contributed by atoms with Crippen LogP contribution in [0.15, 0.2) is 66.7 Å². The number of carbonyl (C=O) groups is 4. The van der Waals surface area contributed by atoms with Crippen LogP contribution in [0.2, 0.25) is 0 Å². The predicted octanol–water partition coefficient (Wildman–Crippen LogP) is 3.04. The number of anilines is 1. The standard InChI is InChI=1S/C24H19NO5/c26-19(14-4-2-1-3-5-14)13-30-24(29)15-8-10-18(11-9-15)25-22(27)20-16-6-7-17(12-16)21(20)23(25)28/h1-11,16-17,20-21H,12-13H2/t16-,17+,20-,21-/m0/s1. The number of hydrogen-bond donors (Lipinski definition) is 0. The maximum absolute atomic E-state index is 12.9. The molecule has 30 heavy (non-hydrogen) atoms. The monoisotopic (exact) mass is 401 g/mol. The Balaban J connectivity index is 1.26. The number of imide groups is 1. The molecule has 2 aromatic rings. The van der Waals surface area contributed by atoms with Gasteiger partial charge in [0.25, 0.3) is 0 Å². The number of esters is 1. The van der Waals surface area contributed by atoms with Gasteiger partial charge in [-0.25, -0.2) is 4.79 Å². The van der Waals surface area contributed by atoms with Crippen LogP contribution in [0.3, 0.4) is 0 Å². The second-order valence-electron chi connectivity index (χ2n) is 7.92. The fourth-order valence-electron chi connectivity index (χ4n) is 4.83. The fourth-order valence-corrected chi connectivity index (χ4v) is 4.83. The molecule has 1 aliphatic heterocycles. The van der Waals surface area contributed by atoms with E-state index in [0.717, 1.165) is 6.42 Å².